The number of benzene rings is 1. The Morgan fingerprint density at radius 2 is 2.25 bits per heavy atom. The molecule has 20 heavy (non-hydrogen) atoms. The number of rotatable bonds is 4. The number of anilines is 1. The summed E-state index contributed by atoms with van der Waals surface area (Å²) in [5.74, 6) is -0.0593. The first-order valence-corrected chi connectivity index (χ1v) is 6.75. The summed E-state index contributed by atoms with van der Waals surface area (Å²) in [5.41, 5.74) is 1.77. The monoisotopic (exact) mass is 277 g/mol. The maximum absolute atomic E-state index is 12.0. The van der Waals surface area contributed by atoms with Crippen molar-refractivity contribution in [2.45, 2.75) is 38.7 Å². The molecule has 1 aromatic carbocycles. The van der Waals surface area contributed by atoms with Crippen LogP contribution in [0.2, 0.25) is 0 Å². The molecule has 1 unspecified atom stereocenters. The summed E-state index contributed by atoms with van der Waals surface area (Å²) in [5, 5.41) is 8.65. The smallest absolute Gasteiger partial charge is 0.303 e. The van der Waals surface area contributed by atoms with Crippen LogP contribution in [0.5, 0.6) is 5.75 Å². The predicted octanol–water partition coefficient (Wildman–Crippen LogP) is 2.23. The second-order valence-corrected chi connectivity index (χ2v) is 5.13. The molecule has 1 amide bonds. The number of aryl methyl sites for hydroxylation is 1. The molecule has 108 valence electrons. The molecular weight excluding hydrogens is 258 g/mol. The summed E-state index contributed by atoms with van der Waals surface area (Å²) in [6, 6.07) is 5.70. The van der Waals surface area contributed by atoms with Gasteiger partial charge in [0, 0.05) is 13.5 Å². The molecule has 0 saturated carbocycles. The Morgan fingerprint density at radius 3 is 2.95 bits per heavy atom. The minimum absolute atomic E-state index is 0.0268. The molecule has 1 atom stereocenters. The van der Waals surface area contributed by atoms with Crippen LogP contribution in [0, 0.1) is 0 Å². The fourth-order valence-corrected chi connectivity index (χ4v) is 2.30. The molecule has 0 radical (unpaired) electrons. The van der Waals surface area contributed by atoms with Crippen LogP contribution in [0.15, 0.2) is 18.2 Å². The quantitative estimate of drug-likeness (QED) is 0.916. The summed E-state index contributed by atoms with van der Waals surface area (Å²) in [6.07, 6.45) is 1.64. The molecule has 0 saturated heterocycles. The van der Waals surface area contributed by atoms with Crippen molar-refractivity contribution in [1.29, 1.82) is 0 Å². The van der Waals surface area contributed by atoms with E-state index in [0.29, 0.717) is 25.0 Å². The lowest BCUT2D eigenvalue weighted by Gasteiger charge is -2.17. The topological polar surface area (TPSA) is 66.8 Å². The van der Waals surface area contributed by atoms with E-state index in [9.17, 15) is 9.59 Å². The molecule has 0 spiro atoms. The molecular formula is C15H19NO4. The zero-order valence-electron chi connectivity index (χ0n) is 11.8. The molecule has 5 nitrogen and oxygen atoms in total. The maximum Gasteiger partial charge on any atom is 0.303 e. The Hall–Kier alpha value is -2.04. The number of ether oxygens (including phenoxy) is 1. The molecule has 0 aliphatic carbocycles. The molecule has 1 aliphatic rings. The van der Waals surface area contributed by atoms with Crippen molar-refractivity contribution < 1.29 is 19.4 Å². The first kappa shape index (κ1) is 14.4. The Morgan fingerprint density at radius 1 is 1.50 bits per heavy atom. The van der Waals surface area contributed by atoms with Crippen molar-refractivity contribution in [3.8, 4) is 5.75 Å². The van der Waals surface area contributed by atoms with E-state index in [4.69, 9.17) is 9.84 Å². The van der Waals surface area contributed by atoms with Gasteiger partial charge in [0.05, 0.1) is 12.1 Å². The zero-order chi connectivity index (χ0) is 14.7. The van der Waals surface area contributed by atoms with Crippen LogP contribution in [-0.2, 0) is 16.0 Å². The number of hydrogen-bond acceptors (Lipinski definition) is 3. The van der Waals surface area contributed by atoms with Crippen LogP contribution < -0.4 is 9.64 Å². The third kappa shape index (κ3) is 3.29. The van der Waals surface area contributed by atoms with E-state index in [2.05, 4.69) is 0 Å². The normalized spacial score (nSPS) is 18.2. The standard InChI is InChI=1S/C15H19NO4/c1-10-8-14(17)16(2)12-9-11(4-3-5-15(18)19)6-7-13(12)20-10/h6-7,9-10H,3-5,8H2,1-2H3,(H,18,19). The number of hydrogen-bond donors (Lipinski definition) is 1. The number of carboxylic acid groups (broad SMARTS) is 1. The van der Waals surface area contributed by atoms with E-state index in [1.54, 1.807) is 11.9 Å². The largest absolute Gasteiger partial charge is 0.488 e. The number of carbonyl (C=O) groups is 2. The van der Waals surface area contributed by atoms with Gasteiger partial charge >= 0.3 is 5.97 Å². The summed E-state index contributed by atoms with van der Waals surface area (Å²) >= 11 is 0. The summed E-state index contributed by atoms with van der Waals surface area (Å²) < 4.78 is 5.74. The van der Waals surface area contributed by atoms with Gasteiger partial charge in [0.2, 0.25) is 5.91 Å². The van der Waals surface area contributed by atoms with Crippen molar-refractivity contribution >= 4 is 17.6 Å². The van der Waals surface area contributed by atoms with Crippen LogP contribution >= 0.6 is 0 Å². The van der Waals surface area contributed by atoms with Gasteiger partial charge in [-0.25, -0.2) is 0 Å². The van der Waals surface area contributed by atoms with Gasteiger partial charge in [-0.15, -0.1) is 0 Å². The predicted molar refractivity (Wildman–Crippen MR) is 75.1 cm³/mol. The van der Waals surface area contributed by atoms with Crippen molar-refractivity contribution in [3.05, 3.63) is 23.8 Å². The van der Waals surface area contributed by atoms with Gasteiger partial charge in [0.25, 0.3) is 0 Å². The van der Waals surface area contributed by atoms with Gasteiger partial charge in [0.1, 0.15) is 11.9 Å². The zero-order valence-corrected chi connectivity index (χ0v) is 11.8. The highest BCUT2D eigenvalue weighted by atomic mass is 16.5. The average molecular weight is 277 g/mol. The third-order valence-electron chi connectivity index (χ3n) is 3.41. The number of aliphatic carboxylic acids is 1. The lowest BCUT2D eigenvalue weighted by atomic mass is 10.1. The van der Waals surface area contributed by atoms with E-state index in [-0.39, 0.29) is 18.4 Å². The van der Waals surface area contributed by atoms with E-state index in [1.807, 2.05) is 25.1 Å². The molecule has 0 bridgehead atoms. The molecule has 1 aliphatic heterocycles. The average Bonchev–Trinajstić information content (AvgIpc) is 2.48. The number of carbonyl (C=O) groups excluding carboxylic acids is 1. The van der Waals surface area contributed by atoms with E-state index >= 15 is 0 Å². The Kier molecular flexibility index (Phi) is 4.27. The summed E-state index contributed by atoms with van der Waals surface area (Å²) in [7, 11) is 1.74. The molecule has 1 heterocycles. The highest BCUT2D eigenvalue weighted by Crippen LogP contribution is 2.33. The second-order valence-electron chi connectivity index (χ2n) is 5.13. The maximum atomic E-state index is 12.0. The van der Waals surface area contributed by atoms with Gasteiger partial charge in [-0.2, -0.15) is 0 Å². The van der Waals surface area contributed by atoms with Crippen molar-refractivity contribution in [1.82, 2.24) is 0 Å². The number of fused-ring (bicyclic) bond motifs is 1. The van der Waals surface area contributed by atoms with Crippen molar-refractivity contribution in [2.75, 3.05) is 11.9 Å². The van der Waals surface area contributed by atoms with Crippen LogP contribution in [-0.4, -0.2) is 30.1 Å². The first-order valence-electron chi connectivity index (χ1n) is 6.75. The molecule has 0 fully saturated rings. The van der Waals surface area contributed by atoms with Crippen LogP contribution in [0.4, 0.5) is 5.69 Å². The van der Waals surface area contributed by atoms with Gasteiger partial charge in [-0.05, 0) is 37.5 Å². The van der Waals surface area contributed by atoms with Crippen LogP contribution in [0.3, 0.4) is 0 Å². The lowest BCUT2D eigenvalue weighted by Crippen LogP contribution is -2.27. The fraction of sp³-hybridized carbons (Fsp3) is 0.467. The molecule has 0 aromatic heterocycles. The number of amides is 1. The van der Waals surface area contributed by atoms with E-state index < -0.39 is 5.97 Å². The van der Waals surface area contributed by atoms with Crippen molar-refractivity contribution in [2.24, 2.45) is 0 Å². The van der Waals surface area contributed by atoms with E-state index in [1.165, 1.54) is 0 Å². The Labute approximate surface area is 118 Å². The third-order valence-corrected chi connectivity index (χ3v) is 3.41. The first-order chi connectivity index (χ1) is 9.47. The van der Waals surface area contributed by atoms with Gasteiger partial charge in [0.15, 0.2) is 0 Å². The molecule has 1 N–H and O–H groups in total. The molecule has 2 rings (SSSR count). The second kappa shape index (κ2) is 5.94. The minimum atomic E-state index is -0.788. The Balaban J connectivity index is 2.18. The molecule has 1 aromatic rings. The van der Waals surface area contributed by atoms with Crippen molar-refractivity contribution in [3.63, 3.8) is 0 Å². The highest BCUT2D eigenvalue weighted by molar-refractivity contribution is 5.95. The molecule has 5 heteroatoms. The van der Waals surface area contributed by atoms with Gasteiger partial charge in [-0.3, -0.25) is 9.59 Å². The minimum Gasteiger partial charge on any atom is -0.488 e. The SMILES string of the molecule is CC1CC(=O)N(C)c2cc(CCCC(=O)O)ccc2O1. The number of nitrogens with zero attached hydrogens (tertiary/aromatic N) is 1. The summed E-state index contributed by atoms with van der Waals surface area (Å²) in [4.78, 5) is 24.1. The van der Waals surface area contributed by atoms with Crippen LogP contribution in [0.25, 0.3) is 0 Å². The van der Waals surface area contributed by atoms with Crippen LogP contribution in [0.1, 0.15) is 31.7 Å². The number of carboxylic acids is 1. The summed E-state index contributed by atoms with van der Waals surface area (Å²) in [6.45, 7) is 1.88. The lowest BCUT2D eigenvalue weighted by molar-refractivity contribution is -0.137. The van der Waals surface area contributed by atoms with Gasteiger partial charge in [-0.1, -0.05) is 6.07 Å². The van der Waals surface area contributed by atoms with Gasteiger partial charge < -0.3 is 14.7 Å². The highest BCUT2D eigenvalue weighted by Gasteiger charge is 2.24. The Bertz CT molecular complexity index is 527. The fourth-order valence-electron chi connectivity index (χ4n) is 2.30. The van der Waals surface area contributed by atoms with E-state index in [0.717, 1.165) is 11.3 Å².